The molecule has 1 aromatic heterocycles. The number of halogens is 1. The van der Waals surface area contributed by atoms with Crippen molar-refractivity contribution in [1.29, 1.82) is 0 Å². The van der Waals surface area contributed by atoms with E-state index in [1.807, 2.05) is 30.3 Å². The highest BCUT2D eigenvalue weighted by Gasteiger charge is 2.55. The molecule has 3 heterocycles. The molecule has 168 valence electrons. The molecule has 0 saturated carbocycles. The highest BCUT2D eigenvalue weighted by Crippen LogP contribution is 2.48. The Bertz CT molecular complexity index is 1190. The minimum absolute atomic E-state index is 0.0721. The van der Waals surface area contributed by atoms with Gasteiger partial charge in [-0.15, -0.1) is 0 Å². The van der Waals surface area contributed by atoms with Crippen molar-refractivity contribution in [2.75, 3.05) is 23.4 Å². The van der Waals surface area contributed by atoms with E-state index in [4.69, 9.17) is 0 Å². The Morgan fingerprint density at radius 1 is 1.09 bits per heavy atom. The van der Waals surface area contributed by atoms with Gasteiger partial charge >= 0.3 is 6.03 Å². The third-order valence-corrected chi connectivity index (χ3v) is 6.35. The summed E-state index contributed by atoms with van der Waals surface area (Å²) in [4.78, 5) is 33.8. The molecular formula is C25H23FN4O3. The fourth-order valence-electron chi connectivity index (χ4n) is 4.93. The molecule has 1 saturated heterocycles. The average Bonchev–Trinajstić information content (AvgIpc) is 2.80. The molecule has 0 spiro atoms. The summed E-state index contributed by atoms with van der Waals surface area (Å²) < 4.78 is 13.6. The number of rotatable bonds is 4. The number of nitrogens with one attached hydrogen (secondary N) is 1. The smallest absolute Gasteiger partial charge is 0.326 e. The minimum atomic E-state index is -0.442. The number of amides is 3. The number of likely N-dealkylation sites (tertiary alicyclic amines) is 1. The van der Waals surface area contributed by atoms with Crippen LogP contribution in [0.2, 0.25) is 0 Å². The zero-order valence-corrected chi connectivity index (χ0v) is 17.8. The molecule has 1 fully saturated rings. The van der Waals surface area contributed by atoms with Crippen LogP contribution in [0.4, 0.5) is 20.6 Å². The van der Waals surface area contributed by atoms with E-state index in [2.05, 4.69) is 10.3 Å². The number of benzene rings is 2. The Morgan fingerprint density at radius 3 is 2.67 bits per heavy atom. The summed E-state index contributed by atoms with van der Waals surface area (Å²) in [5.41, 5.74) is 2.64. The van der Waals surface area contributed by atoms with Gasteiger partial charge in [-0.1, -0.05) is 30.3 Å². The number of nitrogens with zero attached hydrogens (tertiary/aromatic N) is 3. The van der Waals surface area contributed by atoms with Gasteiger partial charge < -0.3 is 15.3 Å². The number of aliphatic hydroxyl groups excluding tert-OH is 1. The molecule has 33 heavy (non-hydrogen) atoms. The summed E-state index contributed by atoms with van der Waals surface area (Å²) in [6.45, 7) is 0.103. The van der Waals surface area contributed by atoms with Crippen LogP contribution >= 0.6 is 0 Å². The van der Waals surface area contributed by atoms with Crippen LogP contribution in [0.1, 0.15) is 17.2 Å². The van der Waals surface area contributed by atoms with E-state index in [0.29, 0.717) is 11.4 Å². The first-order chi connectivity index (χ1) is 16.1. The Balaban J connectivity index is 1.42. The largest absolute Gasteiger partial charge is 0.394 e. The van der Waals surface area contributed by atoms with E-state index in [0.717, 1.165) is 11.3 Å². The SMILES string of the molecule is O=C(Nc1cccc(F)c1)N1C[C@@H]2[C@H](c3ccccc31)[C@@H](CO)N2C(=O)Cc1ccccn1. The first kappa shape index (κ1) is 21.1. The van der Waals surface area contributed by atoms with Crippen molar-refractivity contribution in [3.63, 3.8) is 0 Å². The normalized spacial score (nSPS) is 21.0. The summed E-state index contributed by atoms with van der Waals surface area (Å²) in [7, 11) is 0. The number of hydrogen-bond acceptors (Lipinski definition) is 4. The Kier molecular flexibility index (Phi) is 5.51. The minimum Gasteiger partial charge on any atom is -0.394 e. The van der Waals surface area contributed by atoms with Crippen molar-refractivity contribution in [3.8, 4) is 0 Å². The molecule has 2 aromatic carbocycles. The number of urea groups is 1. The lowest BCUT2D eigenvalue weighted by atomic mass is 9.71. The average molecular weight is 446 g/mol. The van der Waals surface area contributed by atoms with Gasteiger partial charge in [0.1, 0.15) is 5.82 Å². The van der Waals surface area contributed by atoms with Crippen molar-refractivity contribution < 1.29 is 19.1 Å². The van der Waals surface area contributed by atoms with Crippen LogP contribution < -0.4 is 10.2 Å². The van der Waals surface area contributed by atoms with E-state index >= 15 is 0 Å². The first-order valence-corrected chi connectivity index (χ1v) is 10.8. The predicted molar refractivity (Wildman–Crippen MR) is 121 cm³/mol. The monoisotopic (exact) mass is 446 g/mol. The van der Waals surface area contributed by atoms with Gasteiger partial charge in [-0.2, -0.15) is 0 Å². The predicted octanol–water partition coefficient (Wildman–Crippen LogP) is 3.17. The van der Waals surface area contributed by atoms with E-state index in [1.165, 1.54) is 18.2 Å². The maximum atomic E-state index is 13.6. The van der Waals surface area contributed by atoms with E-state index in [9.17, 15) is 19.1 Å². The Labute approximate surface area is 190 Å². The molecule has 8 heteroatoms. The van der Waals surface area contributed by atoms with Crippen LogP contribution in [0, 0.1) is 5.82 Å². The molecule has 3 atom stereocenters. The fraction of sp³-hybridized carbons (Fsp3) is 0.240. The molecule has 3 aromatic rings. The zero-order valence-electron chi connectivity index (χ0n) is 17.8. The molecule has 7 nitrogen and oxygen atoms in total. The highest BCUT2D eigenvalue weighted by molar-refractivity contribution is 6.03. The van der Waals surface area contributed by atoms with Crippen LogP contribution in [-0.2, 0) is 11.2 Å². The van der Waals surface area contributed by atoms with Gasteiger partial charge in [-0.05, 0) is 42.0 Å². The van der Waals surface area contributed by atoms with Crippen molar-refractivity contribution in [2.24, 2.45) is 0 Å². The number of hydrogen-bond donors (Lipinski definition) is 2. The first-order valence-electron chi connectivity index (χ1n) is 10.8. The van der Waals surface area contributed by atoms with Gasteiger partial charge in [0.25, 0.3) is 0 Å². The van der Waals surface area contributed by atoms with Crippen LogP contribution in [-0.4, -0.2) is 52.2 Å². The highest BCUT2D eigenvalue weighted by atomic mass is 19.1. The summed E-state index contributed by atoms with van der Waals surface area (Å²) >= 11 is 0. The molecule has 0 radical (unpaired) electrons. The maximum absolute atomic E-state index is 13.6. The molecule has 0 unspecified atom stereocenters. The second-order valence-corrected chi connectivity index (χ2v) is 8.25. The number of carbonyl (C=O) groups is 2. The summed E-state index contributed by atoms with van der Waals surface area (Å²) in [5.74, 6) is -0.654. The lowest BCUT2D eigenvalue weighted by Crippen LogP contribution is -2.71. The van der Waals surface area contributed by atoms with Gasteiger partial charge in [-0.3, -0.25) is 14.7 Å². The van der Waals surface area contributed by atoms with Crippen molar-refractivity contribution in [3.05, 3.63) is 90.0 Å². The molecular weight excluding hydrogens is 423 g/mol. The summed E-state index contributed by atoms with van der Waals surface area (Å²) in [5, 5.41) is 12.8. The van der Waals surface area contributed by atoms with Gasteiger partial charge in [0.2, 0.25) is 5.91 Å². The third-order valence-electron chi connectivity index (χ3n) is 6.35. The standard InChI is InChI=1S/C25H23FN4O3/c26-16-6-5-8-18(12-16)28-25(33)29-14-21-24(19-9-1-2-10-20(19)29)22(15-31)30(21)23(32)13-17-7-3-4-11-27-17/h1-12,21-22,24,31H,13-15H2,(H,28,33)/t21-,22-,24+/m1/s1. The molecule has 3 amide bonds. The number of aromatic nitrogens is 1. The number of para-hydroxylation sites is 1. The van der Waals surface area contributed by atoms with Crippen LogP contribution in [0.5, 0.6) is 0 Å². The molecule has 2 aliphatic heterocycles. The lowest BCUT2D eigenvalue weighted by molar-refractivity contribution is -0.149. The molecule has 2 N–H and O–H groups in total. The van der Waals surface area contributed by atoms with Crippen LogP contribution in [0.3, 0.4) is 0 Å². The van der Waals surface area contributed by atoms with Crippen LogP contribution in [0.15, 0.2) is 72.9 Å². The van der Waals surface area contributed by atoms with E-state index in [-0.39, 0.29) is 43.5 Å². The van der Waals surface area contributed by atoms with E-state index in [1.54, 1.807) is 34.2 Å². The number of pyridine rings is 1. The van der Waals surface area contributed by atoms with Crippen LogP contribution in [0.25, 0.3) is 0 Å². The molecule has 0 aliphatic carbocycles. The Morgan fingerprint density at radius 2 is 1.91 bits per heavy atom. The summed E-state index contributed by atoms with van der Waals surface area (Å²) in [6.07, 6.45) is 1.76. The van der Waals surface area contributed by atoms with Gasteiger partial charge in [-0.25, -0.2) is 9.18 Å². The Hall–Kier alpha value is -3.78. The van der Waals surface area contributed by atoms with Gasteiger partial charge in [0, 0.05) is 35.7 Å². The molecule has 5 rings (SSSR count). The maximum Gasteiger partial charge on any atom is 0.326 e. The van der Waals surface area contributed by atoms with Gasteiger partial charge in [0.05, 0.1) is 25.1 Å². The van der Waals surface area contributed by atoms with Crippen molar-refractivity contribution in [2.45, 2.75) is 24.4 Å². The van der Waals surface area contributed by atoms with E-state index < -0.39 is 11.8 Å². The summed E-state index contributed by atoms with van der Waals surface area (Å²) in [6, 6.07) is 17.6. The molecule has 2 aliphatic rings. The second-order valence-electron chi connectivity index (χ2n) is 8.25. The fourth-order valence-corrected chi connectivity index (χ4v) is 4.93. The second kappa shape index (κ2) is 8.63. The van der Waals surface area contributed by atoms with Gasteiger partial charge in [0.15, 0.2) is 0 Å². The zero-order chi connectivity index (χ0) is 22.9. The number of fused-ring (bicyclic) bond motifs is 3. The lowest BCUT2D eigenvalue weighted by Gasteiger charge is -2.58. The number of aliphatic hydroxyl groups is 1. The quantitative estimate of drug-likeness (QED) is 0.645. The molecule has 0 bridgehead atoms. The number of carbonyl (C=O) groups excluding carboxylic acids is 2. The number of anilines is 2. The third kappa shape index (κ3) is 3.82. The van der Waals surface area contributed by atoms with Crippen molar-refractivity contribution in [1.82, 2.24) is 9.88 Å². The topological polar surface area (TPSA) is 85.8 Å². The van der Waals surface area contributed by atoms with Crippen molar-refractivity contribution >= 4 is 23.3 Å².